The Morgan fingerprint density at radius 3 is 2.50 bits per heavy atom. The van der Waals surface area contributed by atoms with Gasteiger partial charge in [0.1, 0.15) is 5.75 Å². The van der Waals surface area contributed by atoms with Crippen molar-refractivity contribution in [2.45, 2.75) is 30.4 Å². The third kappa shape index (κ3) is 3.44. The second-order valence-electron chi connectivity index (χ2n) is 4.62. The second-order valence-corrected chi connectivity index (χ2v) is 6.55. The zero-order valence-corrected chi connectivity index (χ0v) is 11.5. The van der Waals surface area contributed by atoms with Crippen LogP contribution in [-0.4, -0.2) is 38.5 Å². The van der Waals surface area contributed by atoms with Crippen LogP contribution in [-0.2, 0) is 10.0 Å². The number of rotatable bonds is 4. The van der Waals surface area contributed by atoms with Gasteiger partial charge in [-0.05, 0) is 37.1 Å². The molecule has 2 rings (SSSR count). The maximum Gasteiger partial charge on any atom is 0.387 e. The minimum atomic E-state index is -3.63. The summed E-state index contributed by atoms with van der Waals surface area (Å²) >= 11 is 0. The summed E-state index contributed by atoms with van der Waals surface area (Å²) in [5, 5.41) is 0. The van der Waals surface area contributed by atoms with Crippen molar-refractivity contribution < 1.29 is 21.9 Å². The summed E-state index contributed by atoms with van der Waals surface area (Å²) in [6.45, 7) is -2.24. The van der Waals surface area contributed by atoms with Gasteiger partial charge in [-0.3, -0.25) is 0 Å². The Labute approximate surface area is 116 Å². The Kier molecular flexibility index (Phi) is 4.56. The number of nitrogens with two attached hydrogens (primary N) is 1. The van der Waals surface area contributed by atoms with E-state index < -0.39 is 16.6 Å². The summed E-state index contributed by atoms with van der Waals surface area (Å²) in [6.07, 6.45) is 1.51. The van der Waals surface area contributed by atoms with E-state index in [1.54, 1.807) is 0 Å². The molecule has 1 aliphatic rings. The SMILES string of the molecule is NC1CCCN(S(=O)(=O)c2ccc(OC(F)F)cc2)C1. The lowest BCUT2D eigenvalue weighted by Gasteiger charge is -2.29. The molecule has 5 nitrogen and oxygen atoms in total. The molecule has 1 aromatic rings. The molecule has 0 bridgehead atoms. The number of piperidine rings is 1. The highest BCUT2D eigenvalue weighted by molar-refractivity contribution is 7.89. The standard InChI is InChI=1S/C12H16F2N2O3S/c13-12(14)19-10-3-5-11(6-4-10)20(17,18)16-7-1-2-9(15)8-16/h3-6,9,12H,1-2,7-8,15H2. The van der Waals surface area contributed by atoms with Crippen LogP contribution in [0.4, 0.5) is 8.78 Å². The molecule has 20 heavy (non-hydrogen) atoms. The highest BCUT2D eigenvalue weighted by atomic mass is 32.2. The van der Waals surface area contributed by atoms with Crippen molar-refractivity contribution in [3.05, 3.63) is 24.3 Å². The number of nitrogens with zero attached hydrogens (tertiary/aromatic N) is 1. The first-order valence-electron chi connectivity index (χ1n) is 6.20. The van der Waals surface area contributed by atoms with Crippen molar-refractivity contribution in [1.29, 1.82) is 0 Å². The van der Waals surface area contributed by atoms with Gasteiger partial charge < -0.3 is 10.5 Å². The van der Waals surface area contributed by atoms with Crippen molar-refractivity contribution in [3.63, 3.8) is 0 Å². The van der Waals surface area contributed by atoms with Gasteiger partial charge in [0.2, 0.25) is 10.0 Å². The second kappa shape index (κ2) is 6.02. The molecule has 0 spiro atoms. The zero-order valence-electron chi connectivity index (χ0n) is 10.7. The molecule has 8 heteroatoms. The Morgan fingerprint density at radius 1 is 1.30 bits per heavy atom. The average Bonchev–Trinajstić information content (AvgIpc) is 2.38. The van der Waals surface area contributed by atoms with Crippen molar-refractivity contribution in [2.24, 2.45) is 5.73 Å². The van der Waals surface area contributed by atoms with E-state index in [1.165, 1.54) is 28.6 Å². The van der Waals surface area contributed by atoms with E-state index >= 15 is 0 Å². The van der Waals surface area contributed by atoms with Crippen LogP contribution in [0.15, 0.2) is 29.2 Å². The lowest BCUT2D eigenvalue weighted by atomic mass is 10.1. The topological polar surface area (TPSA) is 72.6 Å². The number of ether oxygens (including phenoxy) is 1. The molecular formula is C12H16F2N2O3S. The molecule has 1 heterocycles. The minimum absolute atomic E-state index is 0.0493. The Morgan fingerprint density at radius 2 is 1.95 bits per heavy atom. The van der Waals surface area contributed by atoms with Crippen LogP contribution in [0.2, 0.25) is 0 Å². The first-order valence-corrected chi connectivity index (χ1v) is 7.64. The summed E-state index contributed by atoms with van der Waals surface area (Å²) in [6, 6.07) is 4.77. The predicted octanol–water partition coefficient (Wildman–Crippen LogP) is 1.40. The zero-order chi connectivity index (χ0) is 14.8. The van der Waals surface area contributed by atoms with Gasteiger partial charge in [0.25, 0.3) is 0 Å². The number of alkyl halides is 2. The summed E-state index contributed by atoms with van der Waals surface area (Å²) < 4.78 is 54.3. The highest BCUT2D eigenvalue weighted by Crippen LogP contribution is 2.23. The van der Waals surface area contributed by atoms with Crippen molar-refractivity contribution in [3.8, 4) is 5.75 Å². The number of halogens is 2. The molecule has 0 aliphatic carbocycles. The van der Waals surface area contributed by atoms with Gasteiger partial charge in [0.15, 0.2) is 0 Å². The van der Waals surface area contributed by atoms with Crippen LogP contribution in [0.25, 0.3) is 0 Å². The normalized spacial score (nSPS) is 21.1. The Hall–Kier alpha value is -1.25. The van der Waals surface area contributed by atoms with E-state index in [-0.39, 0.29) is 23.2 Å². The molecule has 0 amide bonds. The van der Waals surface area contributed by atoms with Crippen LogP contribution in [0.3, 0.4) is 0 Å². The molecule has 1 aliphatic heterocycles. The molecule has 1 atom stereocenters. The fourth-order valence-electron chi connectivity index (χ4n) is 2.13. The Balaban J connectivity index is 2.17. The van der Waals surface area contributed by atoms with Gasteiger partial charge in [-0.1, -0.05) is 0 Å². The largest absolute Gasteiger partial charge is 0.435 e. The first-order chi connectivity index (χ1) is 9.39. The molecule has 0 saturated carbocycles. The number of hydrogen-bond acceptors (Lipinski definition) is 4. The van der Waals surface area contributed by atoms with Gasteiger partial charge >= 0.3 is 6.61 Å². The molecule has 1 saturated heterocycles. The number of benzene rings is 1. The van der Waals surface area contributed by atoms with Crippen LogP contribution < -0.4 is 10.5 Å². The molecule has 2 N–H and O–H groups in total. The highest BCUT2D eigenvalue weighted by Gasteiger charge is 2.28. The maximum atomic E-state index is 12.3. The van der Waals surface area contributed by atoms with Gasteiger partial charge in [-0.25, -0.2) is 8.42 Å². The number of sulfonamides is 1. The average molecular weight is 306 g/mol. The van der Waals surface area contributed by atoms with Crippen LogP contribution >= 0.6 is 0 Å². The van der Waals surface area contributed by atoms with Crippen LogP contribution in [0.5, 0.6) is 5.75 Å². The lowest BCUT2D eigenvalue weighted by Crippen LogP contribution is -2.45. The van der Waals surface area contributed by atoms with Crippen LogP contribution in [0.1, 0.15) is 12.8 Å². The molecule has 0 aromatic heterocycles. The third-order valence-corrected chi connectivity index (χ3v) is 4.99. The summed E-state index contributed by atoms with van der Waals surface area (Å²) in [7, 11) is -3.63. The monoisotopic (exact) mass is 306 g/mol. The summed E-state index contributed by atoms with van der Waals surface area (Å²) in [4.78, 5) is 0.0493. The molecule has 1 unspecified atom stereocenters. The molecule has 112 valence electrons. The molecule has 1 fully saturated rings. The smallest absolute Gasteiger partial charge is 0.387 e. The van der Waals surface area contributed by atoms with E-state index in [4.69, 9.17) is 5.73 Å². The van der Waals surface area contributed by atoms with Gasteiger partial charge in [0, 0.05) is 19.1 Å². The van der Waals surface area contributed by atoms with E-state index in [2.05, 4.69) is 4.74 Å². The fraction of sp³-hybridized carbons (Fsp3) is 0.500. The Bertz CT molecular complexity index is 548. The first kappa shape index (κ1) is 15.1. The molecular weight excluding hydrogens is 290 g/mol. The molecule has 1 aromatic carbocycles. The van der Waals surface area contributed by atoms with Gasteiger partial charge in [-0.15, -0.1) is 0 Å². The minimum Gasteiger partial charge on any atom is -0.435 e. The fourth-order valence-corrected chi connectivity index (χ4v) is 3.67. The summed E-state index contributed by atoms with van der Waals surface area (Å²) in [5.74, 6) is -0.0747. The third-order valence-electron chi connectivity index (χ3n) is 3.11. The molecule has 0 radical (unpaired) electrons. The van der Waals surface area contributed by atoms with Crippen molar-refractivity contribution in [1.82, 2.24) is 4.31 Å². The van der Waals surface area contributed by atoms with Gasteiger partial charge in [0.05, 0.1) is 4.90 Å². The van der Waals surface area contributed by atoms with E-state index in [9.17, 15) is 17.2 Å². The van der Waals surface area contributed by atoms with E-state index in [0.29, 0.717) is 13.0 Å². The van der Waals surface area contributed by atoms with Crippen LogP contribution in [0, 0.1) is 0 Å². The summed E-state index contributed by atoms with van der Waals surface area (Å²) in [5.41, 5.74) is 5.77. The lowest BCUT2D eigenvalue weighted by molar-refractivity contribution is -0.0498. The van der Waals surface area contributed by atoms with E-state index in [0.717, 1.165) is 6.42 Å². The number of hydrogen-bond donors (Lipinski definition) is 1. The predicted molar refractivity (Wildman–Crippen MR) is 69.0 cm³/mol. The maximum absolute atomic E-state index is 12.3. The van der Waals surface area contributed by atoms with Crippen molar-refractivity contribution >= 4 is 10.0 Å². The van der Waals surface area contributed by atoms with Gasteiger partial charge in [-0.2, -0.15) is 13.1 Å². The van der Waals surface area contributed by atoms with Crippen molar-refractivity contribution in [2.75, 3.05) is 13.1 Å². The quantitative estimate of drug-likeness (QED) is 0.912. The van der Waals surface area contributed by atoms with E-state index in [1.807, 2.05) is 0 Å².